The second kappa shape index (κ2) is 5.67. The van der Waals surface area contributed by atoms with E-state index in [-0.39, 0.29) is 5.84 Å². The highest BCUT2D eigenvalue weighted by atomic mass is 16.5. The molecule has 21 heavy (non-hydrogen) atoms. The summed E-state index contributed by atoms with van der Waals surface area (Å²) in [5, 5.41) is 9.79. The molecule has 0 saturated heterocycles. The van der Waals surface area contributed by atoms with Crippen LogP contribution in [0.1, 0.15) is 11.1 Å². The summed E-state index contributed by atoms with van der Waals surface area (Å²) in [6.45, 7) is 0.515. The van der Waals surface area contributed by atoms with Crippen LogP contribution in [-0.2, 0) is 6.61 Å². The summed E-state index contributed by atoms with van der Waals surface area (Å²) < 4.78 is 5.82. The SMILES string of the molecule is N=C(N)c1ccc(OCc2cccc3ccccc23)cc1. The largest absolute Gasteiger partial charge is 0.489 e. The first-order valence-corrected chi connectivity index (χ1v) is 6.78. The normalized spacial score (nSPS) is 10.5. The summed E-state index contributed by atoms with van der Waals surface area (Å²) in [4.78, 5) is 0. The molecular weight excluding hydrogens is 260 g/mol. The van der Waals surface area contributed by atoms with E-state index < -0.39 is 0 Å². The second-order valence-corrected chi connectivity index (χ2v) is 4.86. The van der Waals surface area contributed by atoms with E-state index in [1.54, 1.807) is 12.1 Å². The number of rotatable bonds is 4. The first-order valence-electron chi connectivity index (χ1n) is 6.78. The predicted octanol–water partition coefficient (Wildman–Crippen LogP) is 3.70. The van der Waals surface area contributed by atoms with E-state index in [1.807, 2.05) is 30.3 Å². The fourth-order valence-electron chi connectivity index (χ4n) is 2.31. The fraction of sp³-hybridized carbons (Fsp3) is 0.0556. The Morgan fingerprint density at radius 1 is 0.905 bits per heavy atom. The Hall–Kier alpha value is -2.81. The van der Waals surface area contributed by atoms with E-state index in [1.165, 1.54) is 10.8 Å². The first kappa shape index (κ1) is 13.2. The van der Waals surface area contributed by atoms with Gasteiger partial charge in [0.05, 0.1) is 0 Å². The zero-order valence-corrected chi connectivity index (χ0v) is 11.5. The molecule has 0 heterocycles. The third kappa shape index (κ3) is 2.87. The first-order chi connectivity index (χ1) is 10.2. The second-order valence-electron chi connectivity index (χ2n) is 4.86. The van der Waals surface area contributed by atoms with Crippen molar-refractivity contribution in [3.8, 4) is 5.75 Å². The van der Waals surface area contributed by atoms with E-state index in [4.69, 9.17) is 15.9 Å². The molecule has 0 amide bonds. The molecule has 0 aromatic heterocycles. The lowest BCUT2D eigenvalue weighted by Gasteiger charge is -2.09. The molecule has 0 aliphatic rings. The standard InChI is InChI=1S/C18H16N2O/c19-18(20)14-8-10-16(11-9-14)21-12-15-6-3-5-13-4-1-2-7-17(13)15/h1-11H,12H2,(H3,19,20). The average molecular weight is 276 g/mol. The molecule has 3 rings (SSSR count). The molecule has 0 unspecified atom stereocenters. The Balaban J connectivity index is 1.79. The maximum atomic E-state index is 7.37. The van der Waals surface area contributed by atoms with Crippen molar-refractivity contribution in [1.29, 1.82) is 5.41 Å². The van der Waals surface area contributed by atoms with Crippen LogP contribution in [0.4, 0.5) is 0 Å². The summed E-state index contributed by atoms with van der Waals surface area (Å²) in [6.07, 6.45) is 0. The van der Waals surface area contributed by atoms with Gasteiger partial charge in [-0.15, -0.1) is 0 Å². The number of hydrogen-bond donors (Lipinski definition) is 2. The van der Waals surface area contributed by atoms with Gasteiger partial charge in [-0.25, -0.2) is 0 Å². The van der Waals surface area contributed by atoms with Crippen molar-refractivity contribution in [3.63, 3.8) is 0 Å². The van der Waals surface area contributed by atoms with Crippen molar-refractivity contribution < 1.29 is 4.74 Å². The predicted molar refractivity (Wildman–Crippen MR) is 85.7 cm³/mol. The van der Waals surface area contributed by atoms with E-state index >= 15 is 0 Å². The van der Waals surface area contributed by atoms with Gasteiger partial charge in [0.1, 0.15) is 18.2 Å². The number of amidine groups is 1. The smallest absolute Gasteiger partial charge is 0.122 e. The molecule has 0 atom stereocenters. The van der Waals surface area contributed by atoms with Gasteiger partial charge in [-0.2, -0.15) is 0 Å². The zero-order chi connectivity index (χ0) is 14.7. The van der Waals surface area contributed by atoms with Crippen LogP contribution in [0.2, 0.25) is 0 Å². The fourth-order valence-corrected chi connectivity index (χ4v) is 2.31. The Morgan fingerprint density at radius 3 is 2.38 bits per heavy atom. The molecule has 3 aromatic carbocycles. The summed E-state index contributed by atoms with van der Waals surface area (Å²) in [5.41, 5.74) is 7.29. The van der Waals surface area contributed by atoms with Gasteiger partial charge in [0.15, 0.2) is 0 Å². The van der Waals surface area contributed by atoms with Gasteiger partial charge in [0, 0.05) is 5.56 Å². The minimum absolute atomic E-state index is 0.0654. The third-order valence-corrected chi connectivity index (χ3v) is 3.44. The van der Waals surface area contributed by atoms with Crippen LogP contribution in [0.25, 0.3) is 10.8 Å². The maximum absolute atomic E-state index is 7.37. The number of nitrogen functional groups attached to an aromatic ring is 1. The van der Waals surface area contributed by atoms with Gasteiger partial charge in [0.2, 0.25) is 0 Å². The van der Waals surface area contributed by atoms with Crippen molar-refractivity contribution in [1.82, 2.24) is 0 Å². The molecule has 104 valence electrons. The summed E-state index contributed by atoms with van der Waals surface area (Å²) in [6, 6.07) is 21.7. The van der Waals surface area contributed by atoms with Crippen LogP contribution in [0.3, 0.4) is 0 Å². The van der Waals surface area contributed by atoms with E-state index in [2.05, 4.69) is 24.3 Å². The quantitative estimate of drug-likeness (QED) is 0.564. The van der Waals surface area contributed by atoms with Crippen molar-refractivity contribution in [2.45, 2.75) is 6.61 Å². The summed E-state index contributed by atoms with van der Waals surface area (Å²) in [5.74, 6) is 0.837. The highest BCUT2D eigenvalue weighted by Crippen LogP contribution is 2.20. The highest BCUT2D eigenvalue weighted by molar-refractivity contribution is 5.95. The van der Waals surface area contributed by atoms with Crippen molar-refractivity contribution >= 4 is 16.6 Å². The van der Waals surface area contributed by atoms with E-state index in [0.717, 1.165) is 11.3 Å². The molecule has 3 N–H and O–H groups in total. The van der Waals surface area contributed by atoms with Crippen molar-refractivity contribution in [2.75, 3.05) is 0 Å². The number of ether oxygens (including phenoxy) is 1. The number of hydrogen-bond acceptors (Lipinski definition) is 2. The minimum Gasteiger partial charge on any atom is -0.489 e. The van der Waals surface area contributed by atoms with Gasteiger partial charge in [-0.3, -0.25) is 5.41 Å². The van der Waals surface area contributed by atoms with Crippen LogP contribution in [0.5, 0.6) is 5.75 Å². The monoisotopic (exact) mass is 276 g/mol. The number of nitrogens with two attached hydrogens (primary N) is 1. The third-order valence-electron chi connectivity index (χ3n) is 3.44. The molecular formula is C18H16N2O. The Labute approximate surface area is 123 Å². The number of benzene rings is 3. The van der Waals surface area contributed by atoms with Crippen LogP contribution >= 0.6 is 0 Å². The molecule has 0 radical (unpaired) electrons. The average Bonchev–Trinajstić information content (AvgIpc) is 2.53. The van der Waals surface area contributed by atoms with Crippen LogP contribution in [0, 0.1) is 5.41 Å². The molecule has 0 aliphatic heterocycles. The van der Waals surface area contributed by atoms with Gasteiger partial charge in [-0.05, 0) is 40.6 Å². The van der Waals surface area contributed by atoms with Crippen LogP contribution in [0.15, 0.2) is 66.7 Å². The van der Waals surface area contributed by atoms with Gasteiger partial charge in [-0.1, -0.05) is 42.5 Å². The lowest BCUT2D eigenvalue weighted by atomic mass is 10.1. The number of nitrogens with one attached hydrogen (secondary N) is 1. The molecule has 0 bridgehead atoms. The minimum atomic E-state index is 0.0654. The molecule has 3 aromatic rings. The Bertz CT molecular complexity index is 773. The lowest BCUT2D eigenvalue weighted by molar-refractivity contribution is 0.307. The zero-order valence-electron chi connectivity index (χ0n) is 11.5. The molecule has 0 spiro atoms. The summed E-state index contributed by atoms with van der Waals surface area (Å²) >= 11 is 0. The van der Waals surface area contributed by atoms with Gasteiger partial charge >= 0.3 is 0 Å². The summed E-state index contributed by atoms with van der Waals surface area (Å²) in [7, 11) is 0. The maximum Gasteiger partial charge on any atom is 0.122 e. The van der Waals surface area contributed by atoms with Crippen LogP contribution in [-0.4, -0.2) is 5.84 Å². The highest BCUT2D eigenvalue weighted by Gasteiger charge is 2.02. The Morgan fingerprint density at radius 2 is 1.62 bits per heavy atom. The van der Waals surface area contributed by atoms with Gasteiger partial charge in [0.25, 0.3) is 0 Å². The molecule has 0 saturated carbocycles. The molecule has 3 heteroatoms. The van der Waals surface area contributed by atoms with Crippen molar-refractivity contribution in [3.05, 3.63) is 77.9 Å². The van der Waals surface area contributed by atoms with Gasteiger partial charge < -0.3 is 10.5 Å². The number of fused-ring (bicyclic) bond motifs is 1. The van der Waals surface area contributed by atoms with Crippen molar-refractivity contribution in [2.24, 2.45) is 5.73 Å². The Kier molecular flexibility index (Phi) is 3.56. The van der Waals surface area contributed by atoms with E-state index in [9.17, 15) is 0 Å². The topological polar surface area (TPSA) is 59.1 Å². The van der Waals surface area contributed by atoms with E-state index in [0.29, 0.717) is 12.2 Å². The molecule has 3 nitrogen and oxygen atoms in total. The molecule has 0 fully saturated rings. The molecule has 0 aliphatic carbocycles. The van der Waals surface area contributed by atoms with Crippen LogP contribution < -0.4 is 10.5 Å². The lowest BCUT2D eigenvalue weighted by Crippen LogP contribution is -2.10.